The number of amides is 2. The van der Waals surface area contributed by atoms with E-state index in [1.54, 1.807) is 42.5 Å². The minimum absolute atomic E-state index is 0.0351. The first-order valence-corrected chi connectivity index (χ1v) is 9.35. The number of carbonyl (C=O) groups is 4. The van der Waals surface area contributed by atoms with E-state index in [0.29, 0.717) is 5.56 Å². The molecular weight excluding hydrogens is 396 g/mol. The quantitative estimate of drug-likeness (QED) is 0.579. The minimum Gasteiger partial charge on any atom is -0.457 e. The predicted molar refractivity (Wildman–Crippen MR) is 105 cm³/mol. The number of Topliss-reactive ketones (excluding diaryl/α,β-unsaturated/α-hetero) is 1. The third kappa shape index (κ3) is 5.00. The van der Waals surface area contributed by atoms with Gasteiger partial charge in [-0.3, -0.25) is 29.6 Å². The van der Waals surface area contributed by atoms with Crippen molar-refractivity contribution in [1.29, 1.82) is 0 Å². The van der Waals surface area contributed by atoms with Crippen LogP contribution in [0.3, 0.4) is 0 Å². The van der Waals surface area contributed by atoms with Crippen molar-refractivity contribution < 1.29 is 23.9 Å². The Morgan fingerprint density at radius 1 is 1.14 bits per heavy atom. The number of halogens is 1. The van der Waals surface area contributed by atoms with Crippen LogP contribution in [0.25, 0.3) is 0 Å². The fraction of sp³-hybridized carbons (Fsp3) is 0.238. The van der Waals surface area contributed by atoms with E-state index in [0.717, 1.165) is 10.6 Å². The van der Waals surface area contributed by atoms with Gasteiger partial charge in [0.15, 0.2) is 12.4 Å². The average molecular weight is 415 g/mol. The van der Waals surface area contributed by atoms with Crippen molar-refractivity contribution in [2.24, 2.45) is 5.92 Å². The summed E-state index contributed by atoms with van der Waals surface area (Å²) in [5, 5.41) is 1.32. The molecule has 0 saturated carbocycles. The lowest BCUT2D eigenvalue weighted by Gasteiger charge is -2.18. The van der Waals surface area contributed by atoms with Gasteiger partial charge in [-0.05, 0) is 19.1 Å². The minimum atomic E-state index is -0.764. The molecular formula is C21H19ClN2O5. The Labute approximate surface area is 172 Å². The van der Waals surface area contributed by atoms with Crippen molar-refractivity contribution in [1.82, 2.24) is 10.4 Å². The molecule has 1 aliphatic rings. The van der Waals surface area contributed by atoms with E-state index in [9.17, 15) is 19.2 Å². The molecule has 1 N–H and O–H groups in total. The van der Waals surface area contributed by atoms with Crippen LogP contribution in [-0.4, -0.2) is 41.7 Å². The van der Waals surface area contributed by atoms with E-state index in [2.05, 4.69) is 5.43 Å². The topological polar surface area (TPSA) is 92.8 Å². The van der Waals surface area contributed by atoms with Crippen LogP contribution in [0.1, 0.15) is 32.7 Å². The molecule has 29 heavy (non-hydrogen) atoms. The van der Waals surface area contributed by atoms with Gasteiger partial charge in [-0.15, -0.1) is 0 Å². The Bertz CT molecular complexity index is 958. The number of hydrogen-bond acceptors (Lipinski definition) is 5. The van der Waals surface area contributed by atoms with Crippen LogP contribution in [0.15, 0.2) is 48.5 Å². The number of esters is 1. The molecule has 2 aromatic carbocycles. The molecule has 0 unspecified atom stereocenters. The molecule has 1 saturated heterocycles. The van der Waals surface area contributed by atoms with Gasteiger partial charge in [0.1, 0.15) is 0 Å². The van der Waals surface area contributed by atoms with Gasteiger partial charge in [0.05, 0.1) is 23.0 Å². The molecule has 0 bridgehead atoms. The lowest BCUT2D eigenvalue weighted by Crippen LogP contribution is -2.43. The molecule has 0 aromatic heterocycles. The van der Waals surface area contributed by atoms with Gasteiger partial charge in [0.2, 0.25) is 5.91 Å². The second-order valence-corrected chi connectivity index (χ2v) is 7.13. The van der Waals surface area contributed by atoms with Gasteiger partial charge < -0.3 is 4.74 Å². The third-order valence-electron chi connectivity index (χ3n) is 4.53. The molecule has 7 nitrogen and oxygen atoms in total. The summed E-state index contributed by atoms with van der Waals surface area (Å²) in [6.07, 6.45) is -0.111. The van der Waals surface area contributed by atoms with Crippen molar-refractivity contribution in [2.45, 2.75) is 13.3 Å². The molecule has 0 spiro atoms. The summed E-state index contributed by atoms with van der Waals surface area (Å²) in [7, 11) is 0. The summed E-state index contributed by atoms with van der Waals surface area (Å²) in [5.41, 5.74) is 4.13. The van der Waals surface area contributed by atoms with Crippen LogP contribution in [0.4, 0.5) is 0 Å². The lowest BCUT2D eigenvalue weighted by atomic mass is 10.1. The van der Waals surface area contributed by atoms with Crippen molar-refractivity contribution in [3.8, 4) is 0 Å². The van der Waals surface area contributed by atoms with E-state index < -0.39 is 30.3 Å². The average Bonchev–Trinajstić information content (AvgIpc) is 3.07. The molecule has 0 aliphatic carbocycles. The first kappa shape index (κ1) is 20.5. The van der Waals surface area contributed by atoms with Gasteiger partial charge in [0, 0.05) is 12.0 Å². The molecule has 2 aromatic rings. The van der Waals surface area contributed by atoms with E-state index in [4.69, 9.17) is 16.3 Å². The molecule has 1 aliphatic heterocycles. The molecule has 0 radical (unpaired) electrons. The molecule has 1 heterocycles. The zero-order chi connectivity index (χ0) is 21.0. The van der Waals surface area contributed by atoms with Crippen molar-refractivity contribution >= 4 is 35.2 Å². The van der Waals surface area contributed by atoms with Gasteiger partial charge in [-0.1, -0.05) is 53.6 Å². The Kier molecular flexibility index (Phi) is 6.29. The highest BCUT2D eigenvalue weighted by Crippen LogP contribution is 2.20. The van der Waals surface area contributed by atoms with E-state index in [1.807, 2.05) is 6.92 Å². The van der Waals surface area contributed by atoms with Crippen LogP contribution in [-0.2, 0) is 14.3 Å². The second kappa shape index (κ2) is 8.87. The van der Waals surface area contributed by atoms with E-state index >= 15 is 0 Å². The fourth-order valence-corrected chi connectivity index (χ4v) is 3.10. The van der Waals surface area contributed by atoms with Crippen LogP contribution < -0.4 is 5.43 Å². The number of benzene rings is 2. The monoisotopic (exact) mass is 414 g/mol. The van der Waals surface area contributed by atoms with Crippen LogP contribution in [0.2, 0.25) is 5.02 Å². The summed E-state index contributed by atoms with van der Waals surface area (Å²) < 4.78 is 5.08. The Balaban J connectivity index is 1.53. The predicted octanol–water partition coefficient (Wildman–Crippen LogP) is 2.57. The largest absolute Gasteiger partial charge is 0.457 e. The van der Waals surface area contributed by atoms with Gasteiger partial charge in [-0.25, -0.2) is 0 Å². The van der Waals surface area contributed by atoms with Crippen molar-refractivity contribution in [2.75, 3.05) is 13.2 Å². The zero-order valence-electron chi connectivity index (χ0n) is 15.7. The van der Waals surface area contributed by atoms with Gasteiger partial charge in [-0.2, -0.15) is 0 Å². The van der Waals surface area contributed by atoms with E-state index in [1.165, 1.54) is 6.07 Å². The highest BCUT2D eigenvalue weighted by Gasteiger charge is 2.37. The number of carbonyl (C=O) groups excluding carboxylic acids is 4. The Hall–Kier alpha value is -3.19. The molecule has 1 atom stereocenters. The Morgan fingerprint density at radius 2 is 1.83 bits per heavy atom. The molecule has 150 valence electrons. The molecule has 8 heteroatoms. The van der Waals surface area contributed by atoms with Crippen LogP contribution in [0, 0.1) is 12.8 Å². The Morgan fingerprint density at radius 3 is 2.52 bits per heavy atom. The summed E-state index contributed by atoms with van der Waals surface area (Å²) in [5.74, 6) is -2.72. The van der Waals surface area contributed by atoms with Crippen molar-refractivity contribution in [3.05, 3.63) is 70.2 Å². The molecule has 1 fully saturated rings. The third-order valence-corrected chi connectivity index (χ3v) is 4.86. The number of aryl methyl sites for hydroxylation is 1. The highest BCUT2D eigenvalue weighted by molar-refractivity contribution is 6.33. The maximum atomic E-state index is 12.3. The van der Waals surface area contributed by atoms with Crippen LogP contribution >= 0.6 is 11.6 Å². The SMILES string of the molecule is Cc1ccc(C(=O)COC(=O)[C@H]2CC(=O)N(NC(=O)c3ccccc3Cl)C2)cc1. The highest BCUT2D eigenvalue weighted by atomic mass is 35.5. The first-order valence-electron chi connectivity index (χ1n) is 8.97. The number of ether oxygens (including phenoxy) is 1. The maximum absolute atomic E-state index is 12.3. The number of nitrogens with zero attached hydrogens (tertiary/aromatic N) is 1. The molecule has 3 rings (SSSR count). The number of nitrogens with one attached hydrogen (secondary N) is 1. The number of rotatable bonds is 6. The number of hydrazine groups is 1. The number of hydrogen-bond donors (Lipinski definition) is 1. The standard InChI is InChI=1S/C21H19ClN2O5/c1-13-6-8-14(9-7-13)18(25)12-29-21(28)15-10-19(26)24(11-15)23-20(27)16-4-2-3-5-17(16)22/h2-9,15H,10-12H2,1H3,(H,23,27)/t15-/m0/s1. The normalized spacial score (nSPS) is 15.9. The van der Waals surface area contributed by atoms with Gasteiger partial charge in [0.25, 0.3) is 5.91 Å². The van der Waals surface area contributed by atoms with Gasteiger partial charge >= 0.3 is 5.97 Å². The van der Waals surface area contributed by atoms with Crippen molar-refractivity contribution in [3.63, 3.8) is 0 Å². The van der Waals surface area contributed by atoms with E-state index in [-0.39, 0.29) is 29.3 Å². The fourth-order valence-electron chi connectivity index (χ4n) is 2.88. The maximum Gasteiger partial charge on any atom is 0.311 e. The van der Waals surface area contributed by atoms with Crippen LogP contribution in [0.5, 0.6) is 0 Å². The summed E-state index contributed by atoms with van der Waals surface area (Å²) in [6, 6.07) is 13.3. The molecule has 2 amide bonds. The summed E-state index contributed by atoms with van der Waals surface area (Å²) >= 11 is 5.98. The first-order chi connectivity index (χ1) is 13.8. The zero-order valence-corrected chi connectivity index (χ0v) is 16.4. The summed E-state index contributed by atoms with van der Waals surface area (Å²) in [4.78, 5) is 48.8. The lowest BCUT2D eigenvalue weighted by molar-refractivity contribution is -0.147. The summed E-state index contributed by atoms with van der Waals surface area (Å²) in [6.45, 7) is 1.47. The number of ketones is 1. The smallest absolute Gasteiger partial charge is 0.311 e. The second-order valence-electron chi connectivity index (χ2n) is 6.72.